The number of hydrogen-bond donors (Lipinski definition) is 1. The van der Waals surface area contributed by atoms with Gasteiger partial charge in [-0.25, -0.2) is 4.98 Å². The van der Waals surface area contributed by atoms with Crippen LogP contribution in [0.1, 0.15) is 5.56 Å². The average Bonchev–Trinajstić information content (AvgIpc) is 2.66. The first-order valence-electron chi connectivity index (χ1n) is 8.26. The number of benzene rings is 2. The molecule has 2 aromatic carbocycles. The molecular weight excluding hydrogens is 405 g/mol. The third kappa shape index (κ3) is 4.64. The molecule has 5 nitrogen and oxygen atoms in total. The van der Waals surface area contributed by atoms with E-state index in [0.717, 1.165) is 5.56 Å². The van der Waals surface area contributed by atoms with Crippen molar-refractivity contribution in [3.8, 4) is 0 Å². The maximum Gasteiger partial charge on any atom is 0.262 e. The molecule has 3 rings (SSSR count). The topological polar surface area (TPSA) is 64.0 Å². The van der Waals surface area contributed by atoms with Gasteiger partial charge in [-0.15, -0.1) is 0 Å². The van der Waals surface area contributed by atoms with Crippen LogP contribution in [0, 0.1) is 0 Å². The van der Waals surface area contributed by atoms with E-state index in [1.54, 1.807) is 35.9 Å². The Kier molecular flexibility index (Phi) is 6.42. The van der Waals surface area contributed by atoms with Crippen molar-refractivity contribution >= 4 is 51.8 Å². The summed E-state index contributed by atoms with van der Waals surface area (Å²) in [5.74, 6) is 0.0536. The van der Waals surface area contributed by atoms with Gasteiger partial charge in [-0.2, -0.15) is 0 Å². The average molecular weight is 422 g/mol. The number of rotatable bonds is 6. The van der Waals surface area contributed by atoms with Crippen LogP contribution in [0.3, 0.4) is 0 Å². The van der Waals surface area contributed by atoms with Crippen molar-refractivity contribution in [2.75, 3.05) is 12.8 Å². The van der Waals surface area contributed by atoms with E-state index in [4.69, 9.17) is 23.2 Å². The molecule has 0 saturated heterocycles. The molecule has 0 aliphatic carbocycles. The molecule has 0 bridgehead atoms. The van der Waals surface area contributed by atoms with Crippen LogP contribution in [0.2, 0.25) is 10.0 Å². The standard InChI is InChI=1S/C19H17Cl2N3O2S/c1-22-17(25)11-27-19-23-16-5-3-2-4-14(16)18(26)24(19)9-8-12-6-7-13(20)10-15(12)21/h2-7,10H,8-9,11H2,1H3,(H,22,25). The number of carbonyl (C=O) groups is 1. The molecule has 0 atom stereocenters. The highest BCUT2D eigenvalue weighted by Gasteiger charge is 2.13. The SMILES string of the molecule is CNC(=O)CSc1nc2ccccc2c(=O)n1CCc1ccc(Cl)cc1Cl. The van der Waals surface area contributed by atoms with Crippen LogP contribution >= 0.6 is 35.0 Å². The van der Waals surface area contributed by atoms with Crippen LogP contribution in [0.4, 0.5) is 0 Å². The predicted octanol–water partition coefficient (Wildman–Crippen LogP) is 3.78. The van der Waals surface area contributed by atoms with Gasteiger partial charge in [-0.05, 0) is 36.2 Å². The molecule has 27 heavy (non-hydrogen) atoms. The smallest absolute Gasteiger partial charge is 0.262 e. The second-order valence-corrected chi connectivity index (χ2v) is 7.60. The van der Waals surface area contributed by atoms with E-state index in [0.29, 0.717) is 39.1 Å². The summed E-state index contributed by atoms with van der Waals surface area (Å²) in [4.78, 5) is 29.2. The zero-order valence-electron chi connectivity index (χ0n) is 14.5. The Morgan fingerprint density at radius 3 is 2.74 bits per heavy atom. The van der Waals surface area contributed by atoms with Crippen molar-refractivity contribution in [2.24, 2.45) is 0 Å². The van der Waals surface area contributed by atoms with Gasteiger partial charge in [0.1, 0.15) is 0 Å². The normalized spacial score (nSPS) is 10.9. The molecule has 0 saturated carbocycles. The van der Waals surface area contributed by atoms with Crippen molar-refractivity contribution in [3.63, 3.8) is 0 Å². The van der Waals surface area contributed by atoms with E-state index < -0.39 is 0 Å². The van der Waals surface area contributed by atoms with Crippen molar-refractivity contribution in [2.45, 2.75) is 18.1 Å². The lowest BCUT2D eigenvalue weighted by molar-refractivity contribution is -0.118. The number of nitrogens with zero attached hydrogens (tertiary/aromatic N) is 2. The molecule has 0 aliphatic rings. The molecule has 3 aromatic rings. The first-order valence-corrected chi connectivity index (χ1v) is 10.0. The molecular formula is C19H17Cl2N3O2S. The highest BCUT2D eigenvalue weighted by Crippen LogP contribution is 2.23. The van der Waals surface area contributed by atoms with Gasteiger partial charge in [0.25, 0.3) is 5.56 Å². The van der Waals surface area contributed by atoms with Gasteiger partial charge in [0.15, 0.2) is 5.16 Å². The lowest BCUT2D eigenvalue weighted by Gasteiger charge is -2.13. The van der Waals surface area contributed by atoms with Gasteiger partial charge in [-0.3, -0.25) is 14.2 Å². The maximum atomic E-state index is 13.0. The van der Waals surface area contributed by atoms with Gasteiger partial charge < -0.3 is 5.32 Å². The van der Waals surface area contributed by atoms with Gasteiger partial charge in [0.05, 0.1) is 16.7 Å². The van der Waals surface area contributed by atoms with Crippen LogP contribution in [0.5, 0.6) is 0 Å². The predicted molar refractivity (Wildman–Crippen MR) is 111 cm³/mol. The Bertz CT molecular complexity index is 1050. The van der Waals surface area contributed by atoms with Crippen molar-refractivity contribution in [3.05, 3.63) is 68.4 Å². The van der Waals surface area contributed by atoms with Crippen LogP contribution in [0.25, 0.3) is 10.9 Å². The quantitative estimate of drug-likeness (QED) is 0.485. The molecule has 0 spiro atoms. The molecule has 8 heteroatoms. The Hall–Kier alpha value is -2.02. The maximum absolute atomic E-state index is 13.0. The third-order valence-electron chi connectivity index (χ3n) is 4.06. The van der Waals surface area contributed by atoms with Gasteiger partial charge in [0, 0.05) is 23.6 Å². The summed E-state index contributed by atoms with van der Waals surface area (Å²) in [6.07, 6.45) is 0.545. The number of nitrogens with one attached hydrogen (secondary N) is 1. The Morgan fingerprint density at radius 1 is 1.22 bits per heavy atom. The van der Waals surface area contributed by atoms with Crippen LogP contribution in [-0.4, -0.2) is 28.3 Å². The minimum absolute atomic E-state index is 0.130. The second-order valence-electron chi connectivity index (χ2n) is 5.82. The molecule has 1 aromatic heterocycles. The number of para-hydroxylation sites is 1. The summed E-state index contributed by atoms with van der Waals surface area (Å²) >= 11 is 13.4. The summed E-state index contributed by atoms with van der Waals surface area (Å²) in [5, 5.41) is 4.75. The number of aromatic nitrogens is 2. The first-order chi connectivity index (χ1) is 13.0. The Morgan fingerprint density at radius 2 is 2.00 bits per heavy atom. The highest BCUT2D eigenvalue weighted by molar-refractivity contribution is 7.99. The number of carbonyl (C=O) groups excluding carboxylic acids is 1. The number of amides is 1. The van der Waals surface area contributed by atoms with E-state index in [1.165, 1.54) is 11.8 Å². The Balaban J connectivity index is 1.96. The fourth-order valence-electron chi connectivity index (χ4n) is 2.61. The van der Waals surface area contributed by atoms with E-state index >= 15 is 0 Å². The molecule has 0 unspecified atom stereocenters. The minimum atomic E-state index is -0.134. The molecule has 1 N–H and O–H groups in total. The van der Waals surface area contributed by atoms with Crippen LogP contribution in [0.15, 0.2) is 52.4 Å². The molecule has 1 amide bonds. The van der Waals surface area contributed by atoms with Crippen LogP contribution < -0.4 is 10.9 Å². The van der Waals surface area contributed by atoms with Crippen molar-refractivity contribution in [1.82, 2.24) is 14.9 Å². The number of halogens is 2. The number of aryl methyl sites for hydroxylation is 1. The molecule has 0 radical (unpaired) electrons. The van der Waals surface area contributed by atoms with Crippen molar-refractivity contribution in [1.29, 1.82) is 0 Å². The fourth-order valence-corrected chi connectivity index (χ4v) is 4.01. The summed E-state index contributed by atoms with van der Waals surface area (Å²) in [5.41, 5.74) is 1.37. The lowest BCUT2D eigenvalue weighted by atomic mass is 10.1. The van der Waals surface area contributed by atoms with E-state index in [2.05, 4.69) is 10.3 Å². The van der Waals surface area contributed by atoms with E-state index in [-0.39, 0.29) is 17.2 Å². The van der Waals surface area contributed by atoms with Crippen LogP contribution in [-0.2, 0) is 17.8 Å². The molecule has 140 valence electrons. The van der Waals surface area contributed by atoms with Gasteiger partial charge in [0.2, 0.25) is 5.91 Å². The number of thioether (sulfide) groups is 1. The highest BCUT2D eigenvalue weighted by atomic mass is 35.5. The molecule has 0 fully saturated rings. The summed E-state index contributed by atoms with van der Waals surface area (Å²) in [6.45, 7) is 0.397. The molecule has 0 aliphatic heterocycles. The van der Waals surface area contributed by atoms with Crippen molar-refractivity contribution < 1.29 is 4.79 Å². The largest absolute Gasteiger partial charge is 0.358 e. The fraction of sp³-hybridized carbons (Fsp3) is 0.211. The number of hydrogen-bond acceptors (Lipinski definition) is 4. The van der Waals surface area contributed by atoms with Gasteiger partial charge >= 0.3 is 0 Å². The summed E-state index contributed by atoms with van der Waals surface area (Å²) < 4.78 is 1.60. The number of fused-ring (bicyclic) bond motifs is 1. The third-order valence-corrected chi connectivity index (χ3v) is 5.62. The zero-order valence-corrected chi connectivity index (χ0v) is 16.9. The zero-order chi connectivity index (χ0) is 19.4. The summed E-state index contributed by atoms with van der Waals surface area (Å²) in [6, 6.07) is 12.5. The first kappa shape index (κ1) is 19.7. The second kappa shape index (κ2) is 8.78. The molecule has 1 heterocycles. The van der Waals surface area contributed by atoms with E-state index in [9.17, 15) is 9.59 Å². The Labute approximate surface area is 170 Å². The minimum Gasteiger partial charge on any atom is -0.358 e. The van der Waals surface area contributed by atoms with E-state index in [1.807, 2.05) is 18.2 Å². The van der Waals surface area contributed by atoms with Gasteiger partial charge in [-0.1, -0.05) is 53.2 Å². The lowest BCUT2D eigenvalue weighted by Crippen LogP contribution is -2.26. The monoisotopic (exact) mass is 421 g/mol. The summed E-state index contributed by atoms with van der Waals surface area (Å²) in [7, 11) is 1.58.